The highest BCUT2D eigenvalue weighted by Gasteiger charge is 2.40. The van der Waals surface area contributed by atoms with Crippen molar-refractivity contribution in [3.8, 4) is 0 Å². The molecule has 3 heteroatoms. The van der Waals surface area contributed by atoms with E-state index in [2.05, 4.69) is 36.3 Å². The van der Waals surface area contributed by atoms with Gasteiger partial charge in [-0.3, -0.25) is 10.2 Å². The van der Waals surface area contributed by atoms with Gasteiger partial charge in [0.15, 0.2) is 0 Å². The first kappa shape index (κ1) is 9.44. The van der Waals surface area contributed by atoms with Crippen molar-refractivity contribution in [3.63, 3.8) is 0 Å². The van der Waals surface area contributed by atoms with Crippen LogP contribution in [-0.4, -0.2) is 35.9 Å². The van der Waals surface area contributed by atoms with Gasteiger partial charge >= 0.3 is 0 Å². The molecule has 3 nitrogen and oxygen atoms in total. The maximum absolute atomic E-state index is 3.60. The van der Waals surface area contributed by atoms with Crippen molar-refractivity contribution in [3.05, 3.63) is 0 Å². The van der Waals surface area contributed by atoms with Crippen LogP contribution >= 0.6 is 0 Å². The van der Waals surface area contributed by atoms with Crippen LogP contribution in [0.25, 0.3) is 0 Å². The smallest absolute Gasteiger partial charge is 0.0770 e. The molecule has 2 aliphatic heterocycles. The highest BCUT2D eigenvalue weighted by Crippen LogP contribution is 2.24. The summed E-state index contributed by atoms with van der Waals surface area (Å²) in [7, 11) is 0. The van der Waals surface area contributed by atoms with Crippen molar-refractivity contribution < 1.29 is 0 Å². The minimum Gasteiger partial charge on any atom is -0.300 e. The molecule has 2 rings (SSSR count). The van der Waals surface area contributed by atoms with Gasteiger partial charge in [-0.25, -0.2) is 0 Å². The largest absolute Gasteiger partial charge is 0.300 e. The number of hydrogen-bond acceptors (Lipinski definition) is 3. The van der Waals surface area contributed by atoms with Crippen molar-refractivity contribution in [2.75, 3.05) is 13.2 Å². The zero-order valence-corrected chi connectivity index (χ0v) is 8.93. The molecule has 2 atom stereocenters. The Hall–Kier alpha value is -0.120. The summed E-state index contributed by atoms with van der Waals surface area (Å²) in [5, 5.41) is 7.18. The summed E-state index contributed by atoms with van der Waals surface area (Å²) in [5.74, 6) is 0. The van der Waals surface area contributed by atoms with Crippen LogP contribution < -0.4 is 10.6 Å². The van der Waals surface area contributed by atoms with Crippen molar-refractivity contribution in [2.45, 2.75) is 51.4 Å². The fraction of sp³-hybridized carbons (Fsp3) is 1.00. The topological polar surface area (TPSA) is 27.3 Å². The average Bonchev–Trinajstić information content (AvgIpc) is 2.45. The lowest BCUT2D eigenvalue weighted by Crippen LogP contribution is -2.56. The van der Waals surface area contributed by atoms with E-state index in [4.69, 9.17) is 0 Å². The molecule has 0 aromatic heterocycles. The average molecular weight is 183 g/mol. The summed E-state index contributed by atoms with van der Waals surface area (Å²) in [6, 6.07) is 0.674. The number of piperidine rings is 1. The van der Waals surface area contributed by atoms with Crippen LogP contribution in [0.5, 0.6) is 0 Å². The van der Waals surface area contributed by atoms with Gasteiger partial charge in [-0.1, -0.05) is 0 Å². The molecule has 13 heavy (non-hydrogen) atoms. The Labute approximate surface area is 80.9 Å². The Bertz CT molecular complexity index is 185. The van der Waals surface area contributed by atoms with E-state index >= 15 is 0 Å². The van der Waals surface area contributed by atoms with Crippen LogP contribution in [0.4, 0.5) is 0 Å². The van der Waals surface area contributed by atoms with E-state index in [1.165, 1.54) is 19.4 Å². The lowest BCUT2D eigenvalue weighted by Gasteiger charge is -2.39. The summed E-state index contributed by atoms with van der Waals surface area (Å²) in [4.78, 5) is 2.52. The number of hydrogen-bond donors (Lipinski definition) is 2. The molecule has 76 valence electrons. The molecule has 0 aromatic rings. The molecule has 0 amide bonds. The van der Waals surface area contributed by atoms with E-state index in [0.29, 0.717) is 12.2 Å². The molecule has 2 fully saturated rings. The third-order valence-corrected chi connectivity index (χ3v) is 3.15. The molecule has 2 unspecified atom stereocenters. The molecule has 2 aliphatic rings. The summed E-state index contributed by atoms with van der Waals surface area (Å²) < 4.78 is 0. The molecule has 2 heterocycles. The summed E-state index contributed by atoms with van der Waals surface area (Å²) in [6.45, 7) is 9.06. The second-order valence-electron chi connectivity index (χ2n) is 5.15. The van der Waals surface area contributed by atoms with Gasteiger partial charge in [0.05, 0.1) is 12.8 Å². The third kappa shape index (κ3) is 1.73. The highest BCUT2D eigenvalue weighted by atomic mass is 15.4. The standard InChI is InChI=1S/C10H21N3/c1-10(2,3)13-7-12-8-5-4-6-11-9(8)13/h8-9,11-12H,4-7H2,1-3H3. The van der Waals surface area contributed by atoms with Crippen molar-refractivity contribution >= 4 is 0 Å². The van der Waals surface area contributed by atoms with Gasteiger partial charge < -0.3 is 5.32 Å². The quantitative estimate of drug-likeness (QED) is 0.579. The molecule has 0 spiro atoms. The van der Waals surface area contributed by atoms with E-state index < -0.39 is 0 Å². The maximum atomic E-state index is 3.60. The minimum absolute atomic E-state index is 0.275. The molecule has 0 aliphatic carbocycles. The van der Waals surface area contributed by atoms with E-state index in [1.807, 2.05) is 0 Å². The van der Waals surface area contributed by atoms with Crippen molar-refractivity contribution in [1.29, 1.82) is 0 Å². The number of fused-ring (bicyclic) bond motifs is 1. The summed E-state index contributed by atoms with van der Waals surface area (Å²) >= 11 is 0. The van der Waals surface area contributed by atoms with Crippen LogP contribution in [-0.2, 0) is 0 Å². The Morgan fingerprint density at radius 3 is 2.69 bits per heavy atom. The Kier molecular flexibility index (Phi) is 2.34. The first-order valence-electron chi connectivity index (χ1n) is 5.32. The van der Waals surface area contributed by atoms with Gasteiger partial charge in [0.2, 0.25) is 0 Å². The Balaban J connectivity index is 2.07. The van der Waals surface area contributed by atoms with Gasteiger partial charge in [0, 0.05) is 11.6 Å². The first-order chi connectivity index (χ1) is 6.09. The van der Waals surface area contributed by atoms with Crippen molar-refractivity contribution in [2.24, 2.45) is 0 Å². The zero-order valence-electron chi connectivity index (χ0n) is 8.93. The van der Waals surface area contributed by atoms with Crippen molar-refractivity contribution in [1.82, 2.24) is 15.5 Å². The maximum Gasteiger partial charge on any atom is 0.0770 e. The minimum atomic E-state index is 0.275. The zero-order chi connectivity index (χ0) is 9.47. The molecule has 0 radical (unpaired) electrons. The summed E-state index contributed by atoms with van der Waals surface area (Å²) in [6.07, 6.45) is 3.20. The predicted molar refractivity (Wildman–Crippen MR) is 54.4 cm³/mol. The number of nitrogens with zero attached hydrogens (tertiary/aromatic N) is 1. The molecule has 2 N–H and O–H groups in total. The molecule has 0 bridgehead atoms. The monoisotopic (exact) mass is 183 g/mol. The van der Waals surface area contributed by atoms with Gasteiger partial charge in [-0.15, -0.1) is 0 Å². The normalized spacial score (nSPS) is 36.2. The third-order valence-electron chi connectivity index (χ3n) is 3.15. The lowest BCUT2D eigenvalue weighted by atomic mass is 10.0. The van der Waals surface area contributed by atoms with Crippen LogP contribution in [0.3, 0.4) is 0 Å². The SMILES string of the molecule is CC(C)(C)N1CNC2CCCNC21. The highest BCUT2D eigenvalue weighted by molar-refractivity contribution is 4.96. The van der Waals surface area contributed by atoms with Crippen LogP contribution in [0.15, 0.2) is 0 Å². The van der Waals surface area contributed by atoms with Crippen LogP contribution in [0.2, 0.25) is 0 Å². The number of rotatable bonds is 0. The van der Waals surface area contributed by atoms with E-state index in [-0.39, 0.29) is 5.54 Å². The predicted octanol–water partition coefficient (Wildman–Crippen LogP) is 0.726. The van der Waals surface area contributed by atoms with Gasteiger partial charge in [-0.2, -0.15) is 0 Å². The fourth-order valence-corrected chi connectivity index (χ4v) is 2.38. The molecule has 0 saturated carbocycles. The molecular formula is C10H21N3. The lowest BCUT2D eigenvalue weighted by molar-refractivity contribution is 0.0867. The van der Waals surface area contributed by atoms with Crippen LogP contribution in [0.1, 0.15) is 33.6 Å². The second kappa shape index (κ2) is 3.23. The Morgan fingerprint density at radius 1 is 1.23 bits per heavy atom. The van der Waals surface area contributed by atoms with Gasteiger partial charge in [0.1, 0.15) is 0 Å². The van der Waals surface area contributed by atoms with Gasteiger partial charge in [0.25, 0.3) is 0 Å². The van der Waals surface area contributed by atoms with E-state index in [1.54, 1.807) is 0 Å². The summed E-state index contributed by atoms with van der Waals surface area (Å²) in [5.41, 5.74) is 0.275. The first-order valence-corrected chi connectivity index (χ1v) is 5.32. The molecule has 0 aromatic carbocycles. The second-order valence-corrected chi connectivity index (χ2v) is 5.15. The van der Waals surface area contributed by atoms with E-state index in [9.17, 15) is 0 Å². The number of nitrogens with one attached hydrogen (secondary N) is 2. The van der Waals surface area contributed by atoms with E-state index in [0.717, 1.165) is 6.67 Å². The van der Waals surface area contributed by atoms with Gasteiger partial charge in [-0.05, 0) is 40.2 Å². The molecular weight excluding hydrogens is 162 g/mol. The van der Waals surface area contributed by atoms with Crippen LogP contribution in [0, 0.1) is 0 Å². The Morgan fingerprint density at radius 2 is 2.00 bits per heavy atom. The fourth-order valence-electron chi connectivity index (χ4n) is 2.38. The molecule has 2 saturated heterocycles.